The average Bonchev–Trinajstić information content (AvgIpc) is 2.50. The van der Waals surface area contributed by atoms with Gasteiger partial charge in [0.25, 0.3) is 0 Å². The predicted molar refractivity (Wildman–Crippen MR) is 79.3 cm³/mol. The van der Waals surface area contributed by atoms with Gasteiger partial charge in [-0.3, -0.25) is 0 Å². The quantitative estimate of drug-likeness (QED) is 0.821. The fourth-order valence-electron chi connectivity index (χ4n) is 1.90. The highest BCUT2D eigenvalue weighted by Crippen LogP contribution is 2.37. The molecule has 2 aromatic rings. The minimum absolute atomic E-state index is 0.0600. The number of carbonyl (C=O) groups is 1. The Hall–Kier alpha value is -1.58. The molecule has 0 fully saturated rings. The molecule has 2 rings (SSSR count). The highest BCUT2D eigenvalue weighted by Gasteiger charge is 2.19. The van der Waals surface area contributed by atoms with E-state index in [1.807, 2.05) is 60.7 Å². The van der Waals surface area contributed by atoms with Crippen LogP contribution in [-0.4, -0.2) is 23.2 Å². The van der Waals surface area contributed by atoms with E-state index in [1.54, 1.807) is 0 Å². The first-order valence-corrected chi connectivity index (χ1v) is 7.11. The molecule has 98 valence electrons. The van der Waals surface area contributed by atoms with E-state index >= 15 is 0 Å². The van der Waals surface area contributed by atoms with E-state index < -0.39 is 5.25 Å². The highest BCUT2D eigenvalue weighted by molar-refractivity contribution is 8.01. The smallest absolute Gasteiger partial charge is 0.135 e. The van der Waals surface area contributed by atoms with E-state index in [1.165, 1.54) is 11.8 Å². The van der Waals surface area contributed by atoms with Crippen molar-refractivity contribution in [1.82, 2.24) is 0 Å². The lowest BCUT2D eigenvalue weighted by Crippen LogP contribution is -2.13. The summed E-state index contributed by atoms with van der Waals surface area (Å²) in [5, 5.41) is 8.88. The van der Waals surface area contributed by atoms with Crippen LogP contribution in [0.4, 0.5) is 0 Å². The van der Waals surface area contributed by atoms with Gasteiger partial charge in [-0.2, -0.15) is 0 Å². The molecule has 0 heterocycles. The number of hydrogen-bond donors (Lipinski definition) is 1. The maximum atomic E-state index is 11.0. The minimum Gasteiger partial charge on any atom is -0.395 e. The van der Waals surface area contributed by atoms with Crippen molar-refractivity contribution in [1.29, 1.82) is 0 Å². The van der Waals surface area contributed by atoms with Gasteiger partial charge in [0.15, 0.2) is 0 Å². The molecule has 0 aromatic heterocycles. The van der Waals surface area contributed by atoms with Crippen molar-refractivity contribution in [2.45, 2.75) is 10.5 Å². The lowest BCUT2D eigenvalue weighted by atomic mass is 10.0. The third-order valence-electron chi connectivity index (χ3n) is 2.85. The Morgan fingerprint density at radius 2 is 1.42 bits per heavy atom. The fourth-order valence-corrected chi connectivity index (χ4v) is 3.03. The molecule has 0 aliphatic rings. The van der Waals surface area contributed by atoms with Crippen molar-refractivity contribution in [2.75, 3.05) is 6.61 Å². The van der Waals surface area contributed by atoms with Crippen LogP contribution in [0, 0.1) is 0 Å². The first kappa shape index (κ1) is 13.8. The molecule has 1 unspecified atom stereocenters. The third-order valence-corrected chi connectivity index (χ3v) is 4.27. The summed E-state index contributed by atoms with van der Waals surface area (Å²) >= 11 is 1.48. The maximum Gasteiger partial charge on any atom is 0.135 e. The molecule has 1 N–H and O–H groups in total. The summed E-state index contributed by atoms with van der Waals surface area (Å²) in [5.74, 6) is 0. The van der Waals surface area contributed by atoms with Crippen molar-refractivity contribution in [2.24, 2.45) is 0 Å². The molecule has 0 saturated carbocycles. The zero-order valence-corrected chi connectivity index (χ0v) is 11.3. The Morgan fingerprint density at radius 1 is 0.947 bits per heavy atom. The SMILES string of the molecule is O=CC(CO)SC(c1ccccc1)c1ccccc1. The summed E-state index contributed by atoms with van der Waals surface area (Å²) in [7, 11) is 0. The van der Waals surface area contributed by atoms with Gasteiger partial charge in [0.2, 0.25) is 0 Å². The van der Waals surface area contributed by atoms with Crippen LogP contribution in [0.5, 0.6) is 0 Å². The molecule has 2 aromatic carbocycles. The van der Waals surface area contributed by atoms with Crippen LogP contribution in [-0.2, 0) is 4.79 Å². The Bertz CT molecular complexity index is 459. The summed E-state index contributed by atoms with van der Waals surface area (Å²) in [6.45, 7) is -0.135. The van der Waals surface area contributed by atoms with Crippen LogP contribution in [0.2, 0.25) is 0 Å². The van der Waals surface area contributed by atoms with E-state index in [0.29, 0.717) is 0 Å². The minimum atomic E-state index is -0.398. The maximum absolute atomic E-state index is 11.0. The van der Waals surface area contributed by atoms with Gasteiger partial charge in [-0.25, -0.2) is 0 Å². The largest absolute Gasteiger partial charge is 0.395 e. The number of rotatable bonds is 6. The Balaban J connectivity index is 2.31. The number of hydrogen-bond acceptors (Lipinski definition) is 3. The molecule has 0 aliphatic carbocycles. The van der Waals surface area contributed by atoms with Gasteiger partial charge < -0.3 is 9.90 Å². The predicted octanol–water partition coefficient (Wildman–Crippen LogP) is 3.07. The van der Waals surface area contributed by atoms with Crippen molar-refractivity contribution >= 4 is 18.0 Å². The van der Waals surface area contributed by atoms with E-state index in [4.69, 9.17) is 0 Å². The lowest BCUT2D eigenvalue weighted by Gasteiger charge is -2.20. The molecule has 3 heteroatoms. The summed E-state index contributed by atoms with van der Waals surface area (Å²) < 4.78 is 0. The molecule has 0 saturated heterocycles. The number of aldehydes is 1. The monoisotopic (exact) mass is 272 g/mol. The van der Waals surface area contributed by atoms with E-state index in [9.17, 15) is 9.90 Å². The molecule has 2 nitrogen and oxygen atoms in total. The van der Waals surface area contributed by atoms with Crippen LogP contribution >= 0.6 is 11.8 Å². The summed E-state index contributed by atoms with van der Waals surface area (Å²) in [5.41, 5.74) is 2.28. The average molecular weight is 272 g/mol. The van der Waals surface area contributed by atoms with Crippen LogP contribution in [0.3, 0.4) is 0 Å². The van der Waals surface area contributed by atoms with Crippen molar-refractivity contribution in [3.05, 3.63) is 71.8 Å². The van der Waals surface area contributed by atoms with Crippen LogP contribution in [0.25, 0.3) is 0 Å². The van der Waals surface area contributed by atoms with Gasteiger partial charge in [-0.05, 0) is 11.1 Å². The Labute approximate surface area is 117 Å². The molecule has 0 amide bonds. The van der Waals surface area contributed by atoms with Gasteiger partial charge in [-0.15, -0.1) is 11.8 Å². The van der Waals surface area contributed by atoms with Gasteiger partial charge >= 0.3 is 0 Å². The zero-order valence-electron chi connectivity index (χ0n) is 10.5. The summed E-state index contributed by atoms with van der Waals surface area (Å²) in [4.78, 5) is 11.0. The Morgan fingerprint density at radius 3 is 1.79 bits per heavy atom. The molecule has 0 radical (unpaired) electrons. The number of aliphatic hydroxyl groups is 1. The van der Waals surface area contributed by atoms with Gasteiger partial charge in [0.1, 0.15) is 6.29 Å². The number of carbonyl (C=O) groups excluding carboxylic acids is 1. The van der Waals surface area contributed by atoms with E-state index in [2.05, 4.69) is 0 Å². The van der Waals surface area contributed by atoms with Crippen molar-refractivity contribution < 1.29 is 9.90 Å². The molecule has 0 aliphatic heterocycles. The van der Waals surface area contributed by atoms with Crippen molar-refractivity contribution in [3.63, 3.8) is 0 Å². The van der Waals surface area contributed by atoms with Crippen LogP contribution in [0.1, 0.15) is 16.4 Å². The van der Waals surface area contributed by atoms with E-state index in [0.717, 1.165) is 17.4 Å². The zero-order chi connectivity index (χ0) is 13.5. The summed E-state index contributed by atoms with van der Waals surface area (Å²) in [6, 6.07) is 20.1. The first-order chi connectivity index (χ1) is 9.35. The van der Waals surface area contributed by atoms with Gasteiger partial charge in [0, 0.05) is 0 Å². The van der Waals surface area contributed by atoms with Gasteiger partial charge in [0.05, 0.1) is 17.1 Å². The molecule has 19 heavy (non-hydrogen) atoms. The van der Waals surface area contributed by atoms with Gasteiger partial charge in [-0.1, -0.05) is 60.7 Å². The second kappa shape index (κ2) is 7.12. The molecule has 0 spiro atoms. The topological polar surface area (TPSA) is 37.3 Å². The first-order valence-electron chi connectivity index (χ1n) is 6.16. The van der Waals surface area contributed by atoms with Crippen molar-refractivity contribution in [3.8, 4) is 0 Å². The van der Waals surface area contributed by atoms with Crippen LogP contribution < -0.4 is 0 Å². The molecule has 1 atom stereocenters. The summed E-state index contributed by atoms with van der Waals surface area (Å²) in [6.07, 6.45) is 0.809. The second-order valence-corrected chi connectivity index (χ2v) is 5.54. The number of benzene rings is 2. The number of thioether (sulfide) groups is 1. The normalized spacial score (nSPS) is 12.3. The fraction of sp³-hybridized carbons (Fsp3) is 0.188. The molecular weight excluding hydrogens is 256 g/mol. The van der Waals surface area contributed by atoms with E-state index in [-0.39, 0.29) is 11.9 Å². The van der Waals surface area contributed by atoms with Crippen LogP contribution in [0.15, 0.2) is 60.7 Å². The standard InChI is InChI=1S/C16H16O2S/c17-11-15(12-18)19-16(13-7-3-1-4-8-13)14-9-5-2-6-10-14/h1-11,15-16,18H,12H2. The molecular formula is C16H16O2S. The molecule has 0 bridgehead atoms. The second-order valence-electron chi connectivity index (χ2n) is 4.19. The number of aliphatic hydroxyl groups excluding tert-OH is 1. The Kier molecular flexibility index (Phi) is 5.19. The lowest BCUT2D eigenvalue weighted by molar-refractivity contribution is -0.107. The third kappa shape index (κ3) is 3.69. The highest BCUT2D eigenvalue weighted by atomic mass is 32.2.